The van der Waals surface area contributed by atoms with Crippen molar-refractivity contribution in [2.75, 3.05) is 13.7 Å². The third-order valence-electron chi connectivity index (χ3n) is 6.12. The summed E-state index contributed by atoms with van der Waals surface area (Å²) in [6.07, 6.45) is 0.483. The lowest BCUT2D eigenvalue weighted by Gasteiger charge is -2.30. The monoisotopic (exact) mass is 501 g/mol. The molecule has 2 aromatic carbocycles. The van der Waals surface area contributed by atoms with Crippen LogP contribution in [-0.4, -0.2) is 61.1 Å². The van der Waals surface area contributed by atoms with Gasteiger partial charge in [-0.25, -0.2) is 12.7 Å². The first-order valence-corrected chi connectivity index (χ1v) is 12.9. The van der Waals surface area contributed by atoms with Crippen molar-refractivity contribution < 1.29 is 27.5 Å². The van der Waals surface area contributed by atoms with E-state index in [0.29, 0.717) is 5.75 Å². The smallest absolute Gasteiger partial charge is 0.269 e. The Labute approximate surface area is 206 Å². The SMILES string of the molecule is CC[C@H](C)NC(=O)[C@H](C)N(Cc1ccc(OC)cc1)C(=O)CCN1C(=O)c2ccccc2S1(=O)=O. The molecule has 3 rings (SSSR count). The van der Waals surface area contributed by atoms with Crippen LogP contribution in [0.1, 0.15) is 49.5 Å². The average molecular weight is 502 g/mol. The fourth-order valence-electron chi connectivity index (χ4n) is 3.77. The predicted molar refractivity (Wildman–Crippen MR) is 130 cm³/mol. The number of nitrogens with one attached hydrogen (secondary N) is 1. The van der Waals surface area contributed by atoms with Crippen molar-refractivity contribution in [3.63, 3.8) is 0 Å². The number of carbonyl (C=O) groups is 3. The Morgan fingerprint density at radius 1 is 1.09 bits per heavy atom. The lowest BCUT2D eigenvalue weighted by Crippen LogP contribution is -2.50. The highest BCUT2D eigenvalue weighted by molar-refractivity contribution is 7.90. The minimum atomic E-state index is -4.02. The Kier molecular flexibility index (Phi) is 8.16. The van der Waals surface area contributed by atoms with Gasteiger partial charge in [-0.1, -0.05) is 31.2 Å². The summed E-state index contributed by atoms with van der Waals surface area (Å²) in [6, 6.07) is 12.2. The van der Waals surface area contributed by atoms with Gasteiger partial charge in [0.15, 0.2) is 0 Å². The highest BCUT2D eigenvalue weighted by atomic mass is 32.2. The molecular formula is C25H31N3O6S. The number of hydrogen-bond donors (Lipinski definition) is 1. The van der Waals surface area contributed by atoms with Crippen LogP contribution in [0.15, 0.2) is 53.4 Å². The van der Waals surface area contributed by atoms with Gasteiger partial charge >= 0.3 is 0 Å². The van der Waals surface area contributed by atoms with Gasteiger partial charge in [0.25, 0.3) is 15.9 Å². The molecule has 10 heteroatoms. The molecule has 0 saturated carbocycles. The van der Waals surface area contributed by atoms with Gasteiger partial charge in [0.1, 0.15) is 16.7 Å². The quantitative estimate of drug-likeness (QED) is 0.535. The molecule has 0 radical (unpaired) electrons. The molecule has 0 bridgehead atoms. The summed E-state index contributed by atoms with van der Waals surface area (Å²) in [4.78, 5) is 40.2. The zero-order valence-corrected chi connectivity index (χ0v) is 21.2. The Balaban J connectivity index is 1.79. The molecule has 0 fully saturated rings. The lowest BCUT2D eigenvalue weighted by molar-refractivity contribution is -0.140. The summed E-state index contributed by atoms with van der Waals surface area (Å²) in [5, 5.41) is 2.88. The van der Waals surface area contributed by atoms with Gasteiger partial charge in [-0.05, 0) is 50.1 Å². The van der Waals surface area contributed by atoms with Gasteiger partial charge in [0.05, 0.1) is 12.7 Å². The molecule has 0 aromatic heterocycles. The number of nitrogens with zero attached hydrogens (tertiary/aromatic N) is 2. The summed E-state index contributed by atoms with van der Waals surface area (Å²) in [5.41, 5.74) is 0.871. The van der Waals surface area contributed by atoms with Gasteiger partial charge in [-0.2, -0.15) is 0 Å². The van der Waals surface area contributed by atoms with E-state index in [-0.39, 0.29) is 41.9 Å². The van der Waals surface area contributed by atoms with Crippen molar-refractivity contribution in [2.45, 2.75) is 57.1 Å². The number of carbonyl (C=O) groups excluding carboxylic acids is 3. The molecule has 0 aliphatic carbocycles. The van der Waals surface area contributed by atoms with Crippen molar-refractivity contribution >= 4 is 27.7 Å². The summed E-state index contributed by atoms with van der Waals surface area (Å²) in [7, 11) is -2.47. The number of rotatable bonds is 10. The second kappa shape index (κ2) is 10.9. The minimum Gasteiger partial charge on any atom is -0.497 e. The van der Waals surface area contributed by atoms with Crippen LogP contribution in [0.3, 0.4) is 0 Å². The molecule has 2 atom stereocenters. The standard InChI is InChI=1S/C25H31N3O6S/c1-5-17(2)26-24(30)18(3)27(16-19-10-12-20(34-4)13-11-19)23(29)14-15-28-25(31)21-8-6-7-9-22(21)35(28,32)33/h6-13,17-18H,5,14-16H2,1-4H3,(H,26,30)/t17-,18-/m0/s1. The van der Waals surface area contributed by atoms with E-state index in [1.165, 1.54) is 17.0 Å². The Morgan fingerprint density at radius 3 is 2.34 bits per heavy atom. The summed E-state index contributed by atoms with van der Waals surface area (Å²) in [5.74, 6) is -0.741. The van der Waals surface area contributed by atoms with Crippen LogP contribution in [0, 0.1) is 0 Å². The molecular weight excluding hydrogens is 470 g/mol. The first-order valence-electron chi connectivity index (χ1n) is 11.5. The number of ether oxygens (including phenoxy) is 1. The highest BCUT2D eigenvalue weighted by Gasteiger charge is 2.41. The molecule has 1 heterocycles. The Hall–Kier alpha value is -3.40. The zero-order valence-electron chi connectivity index (χ0n) is 20.4. The molecule has 0 unspecified atom stereocenters. The predicted octanol–water partition coefficient (Wildman–Crippen LogP) is 2.56. The van der Waals surface area contributed by atoms with Crippen molar-refractivity contribution in [3.8, 4) is 5.75 Å². The summed E-state index contributed by atoms with van der Waals surface area (Å²) in [6.45, 7) is 5.28. The maximum absolute atomic E-state index is 13.3. The molecule has 2 aromatic rings. The van der Waals surface area contributed by atoms with Crippen molar-refractivity contribution in [3.05, 3.63) is 59.7 Å². The van der Waals surface area contributed by atoms with Crippen LogP contribution >= 0.6 is 0 Å². The van der Waals surface area contributed by atoms with Crippen LogP contribution in [-0.2, 0) is 26.2 Å². The van der Waals surface area contributed by atoms with Crippen LogP contribution < -0.4 is 10.1 Å². The lowest BCUT2D eigenvalue weighted by atomic mass is 10.1. The number of amides is 3. The van der Waals surface area contributed by atoms with Gasteiger partial charge in [0.2, 0.25) is 11.8 Å². The normalized spacial score (nSPS) is 15.8. The second-order valence-electron chi connectivity index (χ2n) is 8.49. The van der Waals surface area contributed by atoms with E-state index in [0.717, 1.165) is 16.3 Å². The maximum atomic E-state index is 13.3. The molecule has 35 heavy (non-hydrogen) atoms. The van der Waals surface area contributed by atoms with E-state index < -0.39 is 27.9 Å². The molecule has 188 valence electrons. The van der Waals surface area contributed by atoms with Crippen molar-refractivity contribution in [1.29, 1.82) is 0 Å². The molecule has 1 aliphatic heterocycles. The third-order valence-corrected chi connectivity index (χ3v) is 7.96. The highest BCUT2D eigenvalue weighted by Crippen LogP contribution is 2.30. The molecule has 1 aliphatic rings. The van der Waals surface area contributed by atoms with Crippen molar-refractivity contribution in [1.82, 2.24) is 14.5 Å². The molecule has 3 amide bonds. The van der Waals surface area contributed by atoms with Gasteiger partial charge in [-0.3, -0.25) is 14.4 Å². The zero-order chi connectivity index (χ0) is 25.8. The topological polar surface area (TPSA) is 113 Å². The van der Waals surface area contributed by atoms with Gasteiger partial charge < -0.3 is 15.0 Å². The second-order valence-corrected chi connectivity index (χ2v) is 10.3. The number of sulfonamides is 1. The fraction of sp³-hybridized carbons (Fsp3) is 0.400. The van der Waals surface area contributed by atoms with Crippen LogP contribution in [0.4, 0.5) is 0 Å². The number of fused-ring (bicyclic) bond motifs is 1. The molecule has 9 nitrogen and oxygen atoms in total. The first-order chi connectivity index (χ1) is 16.6. The van der Waals surface area contributed by atoms with E-state index in [1.54, 1.807) is 50.4 Å². The van der Waals surface area contributed by atoms with Crippen molar-refractivity contribution in [2.24, 2.45) is 0 Å². The molecule has 0 saturated heterocycles. The Bertz CT molecular complexity index is 1200. The summed E-state index contributed by atoms with van der Waals surface area (Å²) < 4.78 is 31.6. The maximum Gasteiger partial charge on any atom is 0.269 e. The van der Waals surface area contributed by atoms with E-state index in [1.807, 2.05) is 13.8 Å². The number of benzene rings is 2. The van der Waals surface area contributed by atoms with Gasteiger partial charge in [0, 0.05) is 25.6 Å². The molecule has 1 N–H and O–H groups in total. The van der Waals surface area contributed by atoms with E-state index >= 15 is 0 Å². The van der Waals surface area contributed by atoms with E-state index in [9.17, 15) is 22.8 Å². The van der Waals surface area contributed by atoms with Crippen LogP contribution in [0.25, 0.3) is 0 Å². The fourth-order valence-corrected chi connectivity index (χ4v) is 5.34. The number of methoxy groups -OCH3 is 1. The molecule has 0 spiro atoms. The van der Waals surface area contributed by atoms with E-state index in [2.05, 4.69) is 5.32 Å². The number of hydrogen-bond acceptors (Lipinski definition) is 6. The Morgan fingerprint density at radius 2 is 1.74 bits per heavy atom. The average Bonchev–Trinajstić information content (AvgIpc) is 3.05. The van der Waals surface area contributed by atoms with Crippen LogP contribution in [0.5, 0.6) is 5.75 Å². The minimum absolute atomic E-state index is 0.0613. The largest absolute Gasteiger partial charge is 0.497 e. The third kappa shape index (κ3) is 5.64. The van der Waals surface area contributed by atoms with Gasteiger partial charge in [-0.15, -0.1) is 0 Å². The van der Waals surface area contributed by atoms with E-state index in [4.69, 9.17) is 4.74 Å². The van der Waals surface area contributed by atoms with Crippen LogP contribution in [0.2, 0.25) is 0 Å². The summed E-state index contributed by atoms with van der Waals surface area (Å²) >= 11 is 0. The first kappa shape index (κ1) is 26.2.